The van der Waals surface area contributed by atoms with Crippen molar-refractivity contribution < 1.29 is 8.78 Å². The van der Waals surface area contributed by atoms with E-state index in [0.717, 1.165) is 25.7 Å². The summed E-state index contributed by atoms with van der Waals surface area (Å²) in [5, 5.41) is 2.82. The Morgan fingerprint density at radius 3 is 2.71 bits per heavy atom. The highest BCUT2D eigenvalue weighted by molar-refractivity contribution is 5.48. The first kappa shape index (κ1) is 13.7. The zero-order valence-corrected chi connectivity index (χ0v) is 10.2. The van der Waals surface area contributed by atoms with Gasteiger partial charge >= 0.3 is 0 Å². The van der Waals surface area contributed by atoms with E-state index in [1.54, 1.807) is 6.92 Å². The number of rotatable bonds is 7. The van der Waals surface area contributed by atoms with Gasteiger partial charge in [-0.25, -0.2) is 8.78 Å². The first-order chi connectivity index (χ1) is 8.16. The number of halogens is 2. The first-order valence-corrected chi connectivity index (χ1v) is 5.96. The highest BCUT2D eigenvalue weighted by Crippen LogP contribution is 2.21. The topological polar surface area (TPSA) is 12.0 Å². The smallest absolute Gasteiger partial charge is 0.152 e. The Balaban J connectivity index is 2.41. The predicted octanol–water partition coefficient (Wildman–Crippen LogP) is 4.43. The van der Waals surface area contributed by atoms with Crippen LogP contribution in [0.15, 0.2) is 24.8 Å². The maximum Gasteiger partial charge on any atom is 0.152 e. The lowest BCUT2D eigenvalue weighted by molar-refractivity contribution is 0.580. The van der Waals surface area contributed by atoms with Crippen LogP contribution in [0.1, 0.15) is 31.2 Å². The number of nitrogens with one attached hydrogen (secondary N) is 1. The van der Waals surface area contributed by atoms with Crippen LogP contribution in [0.25, 0.3) is 0 Å². The van der Waals surface area contributed by atoms with Crippen LogP contribution in [-0.2, 0) is 0 Å². The third-order valence-corrected chi connectivity index (χ3v) is 2.67. The van der Waals surface area contributed by atoms with E-state index in [2.05, 4.69) is 11.9 Å². The number of aryl methyl sites for hydroxylation is 1. The molecule has 1 rings (SSSR count). The molecule has 0 heterocycles. The molecule has 0 aliphatic carbocycles. The summed E-state index contributed by atoms with van der Waals surface area (Å²) in [5.74, 6) is -1.02. The lowest BCUT2D eigenvalue weighted by Gasteiger charge is -2.10. The molecule has 0 fully saturated rings. The van der Waals surface area contributed by atoms with Crippen molar-refractivity contribution in [2.24, 2.45) is 0 Å². The summed E-state index contributed by atoms with van der Waals surface area (Å²) in [4.78, 5) is 0. The molecule has 3 heteroatoms. The normalized spacial score (nSPS) is 10.3. The van der Waals surface area contributed by atoms with E-state index >= 15 is 0 Å². The zero-order chi connectivity index (χ0) is 12.7. The second-order valence-corrected chi connectivity index (χ2v) is 4.12. The molecule has 0 radical (unpaired) electrons. The molecule has 94 valence electrons. The van der Waals surface area contributed by atoms with Crippen LogP contribution in [-0.4, -0.2) is 6.54 Å². The highest BCUT2D eigenvalue weighted by Gasteiger charge is 2.10. The van der Waals surface area contributed by atoms with Gasteiger partial charge in [0.05, 0.1) is 0 Å². The van der Waals surface area contributed by atoms with Gasteiger partial charge in [0, 0.05) is 6.54 Å². The van der Waals surface area contributed by atoms with Gasteiger partial charge in [0.15, 0.2) is 5.82 Å². The maximum absolute atomic E-state index is 13.6. The second kappa shape index (κ2) is 7.05. The van der Waals surface area contributed by atoms with Crippen molar-refractivity contribution in [3.8, 4) is 0 Å². The molecule has 0 aliphatic heterocycles. The number of hydrogen-bond donors (Lipinski definition) is 1. The molecule has 1 nitrogen and oxygen atoms in total. The molecule has 17 heavy (non-hydrogen) atoms. The molecule has 0 saturated heterocycles. The lowest BCUT2D eigenvalue weighted by atomic mass is 10.1. The summed E-state index contributed by atoms with van der Waals surface area (Å²) in [7, 11) is 0. The van der Waals surface area contributed by atoms with Gasteiger partial charge in [-0.2, -0.15) is 0 Å². The summed E-state index contributed by atoms with van der Waals surface area (Å²) in [6.45, 7) is 5.86. The van der Waals surface area contributed by atoms with Gasteiger partial charge in [-0.05, 0) is 37.8 Å². The SMILES string of the molecule is C=CCCCCCNc1c(F)ccc(C)c1F. The molecule has 1 N–H and O–H groups in total. The van der Waals surface area contributed by atoms with Crippen molar-refractivity contribution in [3.05, 3.63) is 42.0 Å². The summed E-state index contributed by atoms with van der Waals surface area (Å²) in [6, 6.07) is 2.73. The fourth-order valence-corrected chi connectivity index (χ4v) is 1.62. The van der Waals surface area contributed by atoms with E-state index < -0.39 is 11.6 Å². The van der Waals surface area contributed by atoms with E-state index in [9.17, 15) is 8.78 Å². The third-order valence-electron chi connectivity index (χ3n) is 2.67. The van der Waals surface area contributed by atoms with E-state index in [1.807, 2.05) is 6.08 Å². The van der Waals surface area contributed by atoms with Crippen molar-refractivity contribution in [1.29, 1.82) is 0 Å². The molecule has 1 aromatic rings. The van der Waals surface area contributed by atoms with Gasteiger partial charge in [-0.15, -0.1) is 6.58 Å². The van der Waals surface area contributed by atoms with Gasteiger partial charge in [-0.3, -0.25) is 0 Å². The zero-order valence-electron chi connectivity index (χ0n) is 10.2. The second-order valence-electron chi connectivity index (χ2n) is 4.12. The van der Waals surface area contributed by atoms with Gasteiger partial charge in [0.1, 0.15) is 11.5 Å². The van der Waals surface area contributed by atoms with Gasteiger partial charge in [0.2, 0.25) is 0 Å². The van der Waals surface area contributed by atoms with Gasteiger partial charge < -0.3 is 5.32 Å². The Bertz CT molecular complexity index is 375. The lowest BCUT2D eigenvalue weighted by Crippen LogP contribution is -2.06. The van der Waals surface area contributed by atoms with Crippen LogP contribution in [0.5, 0.6) is 0 Å². The molecular formula is C14H19F2N. The van der Waals surface area contributed by atoms with E-state index in [1.165, 1.54) is 12.1 Å². The largest absolute Gasteiger partial charge is 0.380 e. The fourth-order valence-electron chi connectivity index (χ4n) is 1.62. The van der Waals surface area contributed by atoms with Gasteiger partial charge in [-0.1, -0.05) is 18.6 Å². The predicted molar refractivity (Wildman–Crippen MR) is 68.2 cm³/mol. The number of allylic oxidation sites excluding steroid dienone is 1. The summed E-state index contributed by atoms with van der Waals surface area (Å²) >= 11 is 0. The molecule has 0 saturated carbocycles. The number of anilines is 1. The van der Waals surface area contributed by atoms with Crippen molar-refractivity contribution in [2.75, 3.05) is 11.9 Å². The van der Waals surface area contributed by atoms with Crippen LogP contribution in [0.2, 0.25) is 0 Å². The van der Waals surface area contributed by atoms with Crippen molar-refractivity contribution in [1.82, 2.24) is 0 Å². The average Bonchev–Trinajstić information content (AvgIpc) is 2.32. The van der Waals surface area contributed by atoms with Crippen LogP contribution in [0.3, 0.4) is 0 Å². The Labute approximate surface area is 102 Å². The molecule has 0 aliphatic rings. The molecule has 0 amide bonds. The van der Waals surface area contributed by atoms with Crippen LogP contribution in [0.4, 0.5) is 14.5 Å². The van der Waals surface area contributed by atoms with Crippen molar-refractivity contribution >= 4 is 5.69 Å². The molecule has 0 bridgehead atoms. The van der Waals surface area contributed by atoms with Crippen LogP contribution >= 0.6 is 0 Å². The third kappa shape index (κ3) is 4.17. The Morgan fingerprint density at radius 2 is 2.00 bits per heavy atom. The summed E-state index contributed by atoms with van der Waals surface area (Å²) in [6.07, 6.45) is 5.89. The molecule has 1 aromatic carbocycles. The fraction of sp³-hybridized carbons (Fsp3) is 0.429. The minimum absolute atomic E-state index is 0.00581. The Hall–Kier alpha value is -1.38. The molecule has 0 aromatic heterocycles. The molecular weight excluding hydrogens is 220 g/mol. The average molecular weight is 239 g/mol. The number of hydrogen-bond acceptors (Lipinski definition) is 1. The van der Waals surface area contributed by atoms with Crippen molar-refractivity contribution in [3.63, 3.8) is 0 Å². The van der Waals surface area contributed by atoms with Crippen LogP contribution < -0.4 is 5.32 Å². The Morgan fingerprint density at radius 1 is 1.24 bits per heavy atom. The summed E-state index contributed by atoms with van der Waals surface area (Å²) < 4.78 is 26.9. The summed E-state index contributed by atoms with van der Waals surface area (Å²) in [5.41, 5.74) is 0.453. The minimum atomic E-state index is -0.529. The molecule has 0 unspecified atom stereocenters. The molecule has 0 atom stereocenters. The van der Waals surface area contributed by atoms with E-state index in [4.69, 9.17) is 0 Å². The van der Waals surface area contributed by atoms with Crippen LogP contribution in [0, 0.1) is 18.6 Å². The highest BCUT2D eigenvalue weighted by atomic mass is 19.1. The number of unbranched alkanes of at least 4 members (excludes halogenated alkanes) is 3. The number of benzene rings is 1. The van der Waals surface area contributed by atoms with E-state index in [0.29, 0.717) is 12.1 Å². The monoisotopic (exact) mass is 239 g/mol. The van der Waals surface area contributed by atoms with E-state index in [-0.39, 0.29) is 5.69 Å². The Kier molecular flexibility index (Phi) is 5.67. The standard InChI is InChI=1S/C14H19F2N/c1-3-4-5-6-7-10-17-14-12(15)9-8-11(2)13(14)16/h3,8-9,17H,1,4-7,10H2,2H3. The maximum atomic E-state index is 13.6. The molecule has 0 spiro atoms. The van der Waals surface area contributed by atoms with Gasteiger partial charge in [0.25, 0.3) is 0 Å². The first-order valence-electron chi connectivity index (χ1n) is 5.96. The quantitative estimate of drug-likeness (QED) is 0.548. The van der Waals surface area contributed by atoms with Crippen molar-refractivity contribution in [2.45, 2.75) is 32.6 Å². The minimum Gasteiger partial charge on any atom is -0.380 e.